The fraction of sp³-hybridized carbons (Fsp3) is 0.250. The normalized spacial score (nSPS) is 12.4. The van der Waals surface area contributed by atoms with Gasteiger partial charge in [-0.1, -0.05) is 11.8 Å². The third-order valence-electron chi connectivity index (χ3n) is 2.36. The van der Waals surface area contributed by atoms with Crippen molar-refractivity contribution in [3.8, 4) is 0 Å². The van der Waals surface area contributed by atoms with Gasteiger partial charge in [0.25, 0.3) is 0 Å². The number of benzene rings is 1. The summed E-state index contributed by atoms with van der Waals surface area (Å²) in [6.07, 6.45) is 0. The molecule has 0 bridgehead atoms. The third kappa shape index (κ3) is 3.36. The molecule has 1 aromatic carbocycles. The number of aryl methyl sites for hydroxylation is 1. The molecule has 1 atom stereocenters. The highest BCUT2D eigenvalue weighted by molar-refractivity contribution is 8.02. The molecule has 7 heteroatoms. The number of hydrogen-bond donors (Lipinski definition) is 0. The Morgan fingerprint density at radius 2 is 2.11 bits per heavy atom. The number of carbonyl (C=O) groups excluding carboxylic acids is 1. The quantitative estimate of drug-likeness (QED) is 0.640. The van der Waals surface area contributed by atoms with Crippen molar-refractivity contribution in [2.75, 3.05) is 0 Å². The van der Waals surface area contributed by atoms with Crippen molar-refractivity contribution in [2.24, 2.45) is 0 Å². The maximum atomic E-state index is 13.1. The van der Waals surface area contributed by atoms with Crippen LogP contribution in [0.4, 0.5) is 8.78 Å². The van der Waals surface area contributed by atoms with Gasteiger partial charge in [-0.15, -0.1) is 0 Å². The molecule has 100 valence electrons. The van der Waals surface area contributed by atoms with E-state index in [1.54, 1.807) is 13.8 Å². The topological polar surface area (TPSA) is 42.9 Å². The Kier molecular flexibility index (Phi) is 4.26. The Bertz CT molecular complexity index is 616. The Balaban J connectivity index is 2.12. The molecule has 1 aromatic heterocycles. The van der Waals surface area contributed by atoms with E-state index in [0.29, 0.717) is 10.2 Å². The second kappa shape index (κ2) is 5.75. The largest absolute Gasteiger partial charge is 0.293 e. The van der Waals surface area contributed by atoms with Crippen LogP contribution in [0.2, 0.25) is 0 Å². The molecule has 3 nitrogen and oxygen atoms in total. The molecule has 2 rings (SSSR count). The summed E-state index contributed by atoms with van der Waals surface area (Å²) in [5.41, 5.74) is 0.153. The molecule has 0 aliphatic rings. The van der Waals surface area contributed by atoms with E-state index in [2.05, 4.69) is 9.36 Å². The van der Waals surface area contributed by atoms with Gasteiger partial charge in [-0.3, -0.25) is 4.79 Å². The minimum atomic E-state index is -1.02. The Labute approximate surface area is 117 Å². The average molecular weight is 300 g/mol. The van der Waals surface area contributed by atoms with Crippen molar-refractivity contribution >= 4 is 29.1 Å². The molecule has 0 fully saturated rings. The van der Waals surface area contributed by atoms with Gasteiger partial charge < -0.3 is 0 Å². The lowest BCUT2D eigenvalue weighted by atomic mass is 10.1. The van der Waals surface area contributed by atoms with Crippen molar-refractivity contribution in [1.82, 2.24) is 9.36 Å². The van der Waals surface area contributed by atoms with E-state index < -0.39 is 16.9 Å². The molecule has 2 aromatic rings. The summed E-state index contributed by atoms with van der Waals surface area (Å²) >= 11 is 2.47. The maximum absolute atomic E-state index is 13.1. The predicted molar refractivity (Wildman–Crippen MR) is 70.7 cm³/mol. The fourth-order valence-electron chi connectivity index (χ4n) is 1.41. The summed E-state index contributed by atoms with van der Waals surface area (Å²) in [5, 5.41) is -0.433. The molecule has 0 saturated heterocycles. The minimum absolute atomic E-state index is 0.153. The van der Waals surface area contributed by atoms with Crippen molar-refractivity contribution in [3.05, 3.63) is 41.2 Å². The summed E-state index contributed by atoms with van der Waals surface area (Å²) in [4.78, 5) is 16.2. The summed E-state index contributed by atoms with van der Waals surface area (Å²) in [6, 6.07) is 3.15. The van der Waals surface area contributed by atoms with Crippen LogP contribution in [-0.4, -0.2) is 20.4 Å². The zero-order valence-corrected chi connectivity index (χ0v) is 11.8. The molecule has 1 heterocycles. The fourth-order valence-corrected chi connectivity index (χ4v) is 3.29. The number of nitrogens with zero attached hydrogens (tertiary/aromatic N) is 2. The van der Waals surface area contributed by atoms with E-state index in [4.69, 9.17) is 0 Å². The second-order valence-electron chi connectivity index (χ2n) is 3.86. The minimum Gasteiger partial charge on any atom is -0.293 e. The van der Waals surface area contributed by atoms with E-state index in [0.717, 1.165) is 12.1 Å². The molecule has 0 saturated carbocycles. The molecule has 0 N–H and O–H groups in total. The lowest BCUT2D eigenvalue weighted by Crippen LogP contribution is -2.13. The lowest BCUT2D eigenvalue weighted by Gasteiger charge is -2.08. The molecule has 0 aliphatic carbocycles. The number of halogens is 2. The number of Topliss-reactive ketones (excluding diaryl/α,β-unsaturated/α-hetero) is 1. The predicted octanol–water partition coefficient (Wildman–Crippen LogP) is 3.49. The molecule has 0 spiro atoms. The van der Waals surface area contributed by atoms with E-state index in [-0.39, 0.29) is 11.3 Å². The molecular weight excluding hydrogens is 290 g/mol. The first-order valence-electron chi connectivity index (χ1n) is 5.43. The van der Waals surface area contributed by atoms with Crippen LogP contribution in [0.5, 0.6) is 0 Å². The highest BCUT2D eigenvalue weighted by Gasteiger charge is 2.19. The van der Waals surface area contributed by atoms with E-state index >= 15 is 0 Å². The van der Waals surface area contributed by atoms with E-state index in [9.17, 15) is 13.6 Å². The van der Waals surface area contributed by atoms with Crippen molar-refractivity contribution in [1.29, 1.82) is 0 Å². The number of hydrogen-bond acceptors (Lipinski definition) is 5. The van der Waals surface area contributed by atoms with Gasteiger partial charge in [0.15, 0.2) is 21.8 Å². The molecule has 1 unspecified atom stereocenters. The Morgan fingerprint density at radius 3 is 2.68 bits per heavy atom. The van der Waals surface area contributed by atoms with Gasteiger partial charge in [-0.25, -0.2) is 13.8 Å². The lowest BCUT2D eigenvalue weighted by molar-refractivity contribution is 0.0993. The van der Waals surface area contributed by atoms with Gasteiger partial charge in [0.05, 0.1) is 5.25 Å². The van der Waals surface area contributed by atoms with Crippen molar-refractivity contribution in [3.63, 3.8) is 0 Å². The van der Waals surface area contributed by atoms with Gasteiger partial charge in [-0.05, 0) is 43.6 Å². The van der Waals surface area contributed by atoms with Gasteiger partial charge in [0.1, 0.15) is 5.82 Å². The van der Waals surface area contributed by atoms with Crippen molar-refractivity contribution < 1.29 is 13.6 Å². The molecule has 0 aliphatic heterocycles. The second-order valence-corrected chi connectivity index (χ2v) is 6.20. The zero-order valence-electron chi connectivity index (χ0n) is 10.2. The van der Waals surface area contributed by atoms with Crippen LogP contribution in [0.1, 0.15) is 23.1 Å². The molecular formula is C12H10F2N2OS2. The zero-order chi connectivity index (χ0) is 14.0. The van der Waals surface area contributed by atoms with Crippen LogP contribution >= 0.6 is 23.3 Å². The first-order valence-corrected chi connectivity index (χ1v) is 7.09. The number of aromatic nitrogens is 2. The number of thioether (sulfide) groups is 1. The van der Waals surface area contributed by atoms with Crippen LogP contribution in [0.3, 0.4) is 0 Å². The molecule has 19 heavy (non-hydrogen) atoms. The first kappa shape index (κ1) is 14.1. The summed E-state index contributed by atoms with van der Waals surface area (Å²) < 4.78 is 30.6. The van der Waals surface area contributed by atoms with Crippen LogP contribution in [0, 0.1) is 18.6 Å². The van der Waals surface area contributed by atoms with Crippen LogP contribution in [0.15, 0.2) is 22.5 Å². The highest BCUT2D eigenvalue weighted by atomic mass is 32.2. The van der Waals surface area contributed by atoms with Gasteiger partial charge >= 0.3 is 0 Å². The van der Waals surface area contributed by atoms with Gasteiger partial charge in [-0.2, -0.15) is 4.37 Å². The first-order chi connectivity index (χ1) is 8.97. The SMILES string of the molecule is Cc1nsc(SC(C)C(=O)c2ccc(F)c(F)c2)n1. The molecule has 0 amide bonds. The summed E-state index contributed by atoms with van der Waals surface area (Å²) in [7, 11) is 0. The Hall–Kier alpha value is -1.34. The average Bonchev–Trinajstić information content (AvgIpc) is 2.77. The number of rotatable bonds is 4. The van der Waals surface area contributed by atoms with E-state index in [1.165, 1.54) is 29.4 Å². The standard InChI is InChI=1S/C12H10F2N2OS2/c1-6(18-12-15-7(2)16-19-12)11(17)8-3-4-9(13)10(14)5-8/h3-6H,1-2H3. The summed E-state index contributed by atoms with van der Waals surface area (Å²) in [6.45, 7) is 3.47. The van der Waals surface area contributed by atoms with Gasteiger partial charge in [0, 0.05) is 5.56 Å². The summed E-state index contributed by atoms with van der Waals surface area (Å²) in [5.74, 6) is -1.59. The van der Waals surface area contributed by atoms with Gasteiger partial charge in [0.2, 0.25) is 0 Å². The molecule has 0 radical (unpaired) electrons. The smallest absolute Gasteiger partial charge is 0.176 e. The van der Waals surface area contributed by atoms with Crippen LogP contribution in [0.25, 0.3) is 0 Å². The van der Waals surface area contributed by atoms with Crippen LogP contribution < -0.4 is 0 Å². The monoisotopic (exact) mass is 300 g/mol. The van der Waals surface area contributed by atoms with Crippen LogP contribution in [-0.2, 0) is 0 Å². The highest BCUT2D eigenvalue weighted by Crippen LogP contribution is 2.27. The maximum Gasteiger partial charge on any atom is 0.176 e. The number of ketones is 1. The third-order valence-corrected chi connectivity index (χ3v) is 4.34. The van der Waals surface area contributed by atoms with Crippen molar-refractivity contribution in [2.45, 2.75) is 23.4 Å². The number of carbonyl (C=O) groups is 1. The Morgan fingerprint density at radius 1 is 1.37 bits per heavy atom. The van der Waals surface area contributed by atoms with E-state index in [1.807, 2.05) is 0 Å².